The monoisotopic (exact) mass is 315 g/mol. The van der Waals surface area contributed by atoms with E-state index in [2.05, 4.69) is 20.6 Å². The van der Waals surface area contributed by atoms with Crippen molar-refractivity contribution in [3.63, 3.8) is 0 Å². The summed E-state index contributed by atoms with van der Waals surface area (Å²) in [5.41, 5.74) is 1.23. The van der Waals surface area contributed by atoms with Gasteiger partial charge >= 0.3 is 0 Å². The number of aryl methyl sites for hydroxylation is 1. The number of nitrogens with zero attached hydrogens (tertiary/aromatic N) is 4. The fraction of sp³-hybridized carbons (Fsp3) is 0.438. The van der Waals surface area contributed by atoms with Crippen molar-refractivity contribution < 1.29 is 8.91 Å². The molecule has 3 aromatic rings. The molecule has 1 atom stereocenters. The zero-order valence-electron chi connectivity index (χ0n) is 12.9. The van der Waals surface area contributed by atoms with Crippen molar-refractivity contribution in [1.29, 1.82) is 0 Å². The highest BCUT2D eigenvalue weighted by Crippen LogP contribution is 2.24. The number of rotatable bonds is 4. The molecule has 2 aromatic heterocycles. The van der Waals surface area contributed by atoms with Crippen molar-refractivity contribution in [2.24, 2.45) is 5.92 Å². The van der Waals surface area contributed by atoms with Crippen LogP contribution in [0.3, 0.4) is 0 Å². The fourth-order valence-electron chi connectivity index (χ4n) is 3.14. The Kier molecular flexibility index (Phi) is 3.57. The number of benzene rings is 1. The van der Waals surface area contributed by atoms with E-state index in [0.717, 1.165) is 37.0 Å². The quantitative estimate of drug-likeness (QED) is 0.800. The van der Waals surface area contributed by atoms with Crippen molar-refractivity contribution in [1.82, 2.24) is 25.2 Å². The summed E-state index contributed by atoms with van der Waals surface area (Å²) in [4.78, 5) is 4.41. The van der Waals surface area contributed by atoms with E-state index >= 15 is 0 Å². The van der Waals surface area contributed by atoms with Gasteiger partial charge in [-0.05, 0) is 43.1 Å². The predicted octanol–water partition coefficient (Wildman–Crippen LogP) is 2.26. The number of halogens is 1. The number of fused-ring (bicyclic) bond motifs is 1. The molecule has 120 valence electrons. The molecule has 0 radical (unpaired) electrons. The summed E-state index contributed by atoms with van der Waals surface area (Å²) < 4.78 is 21.0. The van der Waals surface area contributed by atoms with Crippen molar-refractivity contribution in [3.8, 4) is 5.95 Å². The minimum absolute atomic E-state index is 0.292. The predicted molar refractivity (Wildman–Crippen MR) is 82.9 cm³/mol. The maximum absolute atomic E-state index is 14.3. The molecule has 3 heterocycles. The molecule has 4 rings (SSSR count). The van der Waals surface area contributed by atoms with Crippen LogP contribution >= 0.6 is 0 Å². The van der Waals surface area contributed by atoms with Gasteiger partial charge in [-0.15, -0.1) is 0 Å². The Morgan fingerprint density at radius 1 is 1.43 bits per heavy atom. The molecule has 0 bridgehead atoms. The first-order valence-corrected chi connectivity index (χ1v) is 7.96. The third-order valence-corrected chi connectivity index (χ3v) is 4.34. The Balaban J connectivity index is 1.73. The van der Waals surface area contributed by atoms with Crippen LogP contribution in [0.5, 0.6) is 0 Å². The highest BCUT2D eigenvalue weighted by molar-refractivity contribution is 5.83. The summed E-state index contributed by atoms with van der Waals surface area (Å²) in [6.07, 6.45) is 2.56. The first-order valence-electron chi connectivity index (χ1n) is 7.96. The summed E-state index contributed by atoms with van der Waals surface area (Å²) in [6, 6.07) is 4.98. The van der Waals surface area contributed by atoms with Gasteiger partial charge in [0, 0.05) is 11.8 Å². The first-order chi connectivity index (χ1) is 11.3. The highest BCUT2D eigenvalue weighted by atomic mass is 19.1. The van der Waals surface area contributed by atoms with Crippen LogP contribution in [0.4, 0.5) is 4.39 Å². The van der Waals surface area contributed by atoms with Crippen LogP contribution in [-0.2, 0) is 12.8 Å². The van der Waals surface area contributed by atoms with Gasteiger partial charge in [0.05, 0.1) is 5.69 Å². The van der Waals surface area contributed by atoms with Crippen LogP contribution in [0.1, 0.15) is 24.9 Å². The molecule has 7 heteroatoms. The molecule has 0 spiro atoms. The molecule has 1 N–H and O–H groups in total. The molecule has 0 saturated carbocycles. The van der Waals surface area contributed by atoms with Crippen LogP contribution in [-0.4, -0.2) is 33.0 Å². The Labute approximate surface area is 132 Å². The zero-order valence-corrected chi connectivity index (χ0v) is 12.9. The van der Waals surface area contributed by atoms with E-state index in [0.29, 0.717) is 29.7 Å². The van der Waals surface area contributed by atoms with E-state index in [4.69, 9.17) is 4.52 Å². The summed E-state index contributed by atoms with van der Waals surface area (Å²) >= 11 is 0. The second kappa shape index (κ2) is 5.73. The number of hydrogen-bond donors (Lipinski definition) is 1. The molecule has 0 unspecified atom stereocenters. The third kappa shape index (κ3) is 2.50. The van der Waals surface area contributed by atoms with Crippen LogP contribution < -0.4 is 5.32 Å². The summed E-state index contributed by atoms with van der Waals surface area (Å²) in [5.74, 6) is 1.05. The van der Waals surface area contributed by atoms with Crippen molar-refractivity contribution >= 4 is 10.9 Å². The van der Waals surface area contributed by atoms with Crippen LogP contribution in [0.25, 0.3) is 16.9 Å². The van der Waals surface area contributed by atoms with Crippen LogP contribution in [0.15, 0.2) is 22.7 Å². The second-order valence-corrected chi connectivity index (χ2v) is 5.90. The van der Waals surface area contributed by atoms with Gasteiger partial charge in [0.2, 0.25) is 5.89 Å². The molecule has 6 nitrogen and oxygen atoms in total. The maximum atomic E-state index is 14.3. The van der Waals surface area contributed by atoms with Crippen molar-refractivity contribution in [2.75, 3.05) is 13.1 Å². The van der Waals surface area contributed by atoms with Gasteiger partial charge in [0.15, 0.2) is 0 Å². The van der Waals surface area contributed by atoms with Gasteiger partial charge in [-0.2, -0.15) is 14.8 Å². The van der Waals surface area contributed by atoms with Crippen molar-refractivity contribution in [3.05, 3.63) is 35.6 Å². The zero-order chi connectivity index (χ0) is 15.8. The maximum Gasteiger partial charge on any atom is 0.291 e. The topological polar surface area (TPSA) is 68.8 Å². The SMILES string of the molecule is CCc1nn(-c2noc(C[C@@H]3CCNC3)n2)c2c(F)cccc12. The normalized spacial score (nSPS) is 18.1. The van der Waals surface area contributed by atoms with Gasteiger partial charge in [0.25, 0.3) is 5.95 Å². The molecule has 1 fully saturated rings. The Morgan fingerprint density at radius 3 is 3.13 bits per heavy atom. The number of hydrogen-bond acceptors (Lipinski definition) is 5. The van der Waals surface area contributed by atoms with Crippen LogP contribution in [0, 0.1) is 11.7 Å². The number of nitrogens with one attached hydrogen (secondary N) is 1. The van der Waals surface area contributed by atoms with E-state index in [-0.39, 0.29) is 5.82 Å². The lowest BCUT2D eigenvalue weighted by atomic mass is 10.1. The van der Waals surface area contributed by atoms with E-state index in [1.54, 1.807) is 6.07 Å². The average molecular weight is 315 g/mol. The van der Waals surface area contributed by atoms with Crippen LogP contribution in [0.2, 0.25) is 0 Å². The summed E-state index contributed by atoms with van der Waals surface area (Å²) in [5, 5.41) is 12.6. The standard InChI is InChI=1S/C16H18FN5O/c1-2-13-11-4-3-5-12(17)15(11)22(20-13)16-19-14(23-21-16)8-10-6-7-18-9-10/h3-5,10,18H,2,6-9H2,1H3/t10-/m0/s1. The van der Waals surface area contributed by atoms with E-state index in [1.165, 1.54) is 10.7 Å². The number of aromatic nitrogens is 4. The van der Waals surface area contributed by atoms with Crippen molar-refractivity contribution in [2.45, 2.75) is 26.2 Å². The highest BCUT2D eigenvalue weighted by Gasteiger charge is 2.21. The Bertz CT molecular complexity index is 834. The third-order valence-electron chi connectivity index (χ3n) is 4.34. The minimum Gasteiger partial charge on any atom is -0.337 e. The molecule has 1 aliphatic rings. The fourth-order valence-corrected chi connectivity index (χ4v) is 3.14. The molecule has 1 saturated heterocycles. The molecule has 1 aromatic carbocycles. The summed E-state index contributed by atoms with van der Waals surface area (Å²) in [7, 11) is 0. The second-order valence-electron chi connectivity index (χ2n) is 5.90. The Hall–Kier alpha value is -2.28. The number of para-hydroxylation sites is 1. The van der Waals surface area contributed by atoms with Gasteiger partial charge < -0.3 is 9.84 Å². The van der Waals surface area contributed by atoms with Gasteiger partial charge in [-0.3, -0.25) is 0 Å². The summed E-state index contributed by atoms with van der Waals surface area (Å²) in [6.45, 7) is 3.99. The smallest absolute Gasteiger partial charge is 0.291 e. The molecule has 0 amide bonds. The molecule has 1 aliphatic heterocycles. The largest absolute Gasteiger partial charge is 0.337 e. The first kappa shape index (κ1) is 14.3. The lowest BCUT2D eigenvalue weighted by Crippen LogP contribution is -2.11. The van der Waals surface area contributed by atoms with Gasteiger partial charge in [-0.25, -0.2) is 4.39 Å². The lowest BCUT2D eigenvalue weighted by Gasteiger charge is -2.01. The molecular weight excluding hydrogens is 297 g/mol. The van der Waals surface area contributed by atoms with E-state index < -0.39 is 0 Å². The Morgan fingerprint density at radius 2 is 2.35 bits per heavy atom. The minimum atomic E-state index is -0.332. The van der Waals surface area contributed by atoms with Gasteiger partial charge in [0.1, 0.15) is 11.3 Å². The van der Waals surface area contributed by atoms with E-state index in [1.807, 2.05) is 13.0 Å². The molecule has 23 heavy (non-hydrogen) atoms. The van der Waals surface area contributed by atoms with Gasteiger partial charge in [-0.1, -0.05) is 19.1 Å². The molecular formula is C16H18FN5O. The average Bonchev–Trinajstić information content (AvgIpc) is 3.27. The lowest BCUT2D eigenvalue weighted by molar-refractivity contribution is 0.355. The van der Waals surface area contributed by atoms with E-state index in [9.17, 15) is 4.39 Å². The molecule has 0 aliphatic carbocycles.